The van der Waals surface area contributed by atoms with Crippen LogP contribution in [-0.2, 0) is 13.9 Å². The minimum atomic E-state index is -5.48. The molecule has 8 nitrogen and oxygen atoms in total. The van der Waals surface area contributed by atoms with Gasteiger partial charge in [-0.15, -0.1) is 0 Å². The topological polar surface area (TPSA) is 139 Å². The van der Waals surface area contributed by atoms with Gasteiger partial charge in [0.15, 0.2) is 0 Å². The molecular weight excluding hydrogens is 340 g/mol. The Morgan fingerprint density at radius 1 is 0.842 bits per heavy atom. The van der Waals surface area contributed by atoms with E-state index in [2.05, 4.69) is 0 Å². The SMILES string of the molecule is O=P([O-])([O-])C(N1CCOCC1)P(=O)([O-])[O-].[Na+].[Na+].[Na+].[Na+]. The van der Waals surface area contributed by atoms with Gasteiger partial charge in [0.2, 0.25) is 0 Å². The number of morpholine rings is 1. The number of hydrogen-bond donors (Lipinski definition) is 0. The van der Waals surface area contributed by atoms with Gasteiger partial charge in [0.05, 0.1) is 18.7 Å². The molecule has 90 valence electrons. The zero-order chi connectivity index (χ0) is 11.7. The van der Waals surface area contributed by atoms with E-state index in [9.17, 15) is 28.7 Å². The van der Waals surface area contributed by atoms with Crippen molar-refractivity contribution in [1.29, 1.82) is 0 Å². The van der Waals surface area contributed by atoms with Crippen LogP contribution in [0.5, 0.6) is 0 Å². The zero-order valence-corrected chi connectivity index (χ0v) is 21.4. The van der Waals surface area contributed by atoms with Gasteiger partial charge in [0.25, 0.3) is 0 Å². The molecule has 14 heteroatoms. The molecule has 0 aromatic heterocycles. The maximum atomic E-state index is 10.7. The predicted molar refractivity (Wildman–Crippen MR) is 41.4 cm³/mol. The summed E-state index contributed by atoms with van der Waals surface area (Å²) in [5.74, 6) is 0. The van der Waals surface area contributed by atoms with Crippen LogP contribution in [0.25, 0.3) is 0 Å². The molecule has 0 bridgehead atoms. The summed E-state index contributed by atoms with van der Waals surface area (Å²) in [5, 5.41) is 0. The van der Waals surface area contributed by atoms with E-state index in [0.29, 0.717) is 0 Å². The summed E-state index contributed by atoms with van der Waals surface area (Å²) in [6.45, 7) is 0.0637. The van der Waals surface area contributed by atoms with Crippen LogP contribution in [0.4, 0.5) is 0 Å². The third-order valence-corrected chi connectivity index (χ3v) is 5.42. The van der Waals surface area contributed by atoms with Gasteiger partial charge in [-0.25, -0.2) is 0 Å². The first kappa shape index (κ1) is 31.0. The Hall–Kier alpha value is 4.22. The molecular formula is C5H9NNa4O7P2. The van der Waals surface area contributed by atoms with E-state index in [0.717, 1.165) is 4.90 Å². The van der Waals surface area contributed by atoms with Crippen molar-refractivity contribution in [2.45, 2.75) is 5.52 Å². The molecule has 1 aliphatic rings. The third kappa shape index (κ3) is 11.4. The quantitative estimate of drug-likeness (QED) is 0.362. The Balaban J connectivity index is -0.000000281. The summed E-state index contributed by atoms with van der Waals surface area (Å²) in [7, 11) is -11.0. The molecule has 0 amide bonds. The van der Waals surface area contributed by atoms with Crippen molar-refractivity contribution in [2.75, 3.05) is 26.3 Å². The van der Waals surface area contributed by atoms with E-state index >= 15 is 0 Å². The van der Waals surface area contributed by atoms with Crippen LogP contribution in [0.3, 0.4) is 0 Å². The standard InChI is InChI=1S/C5H13NO7P2.4Na/c7-14(8,9)5(15(10,11)12)6-1-3-13-4-2-6;;;;/h5H,1-4H2,(H2,7,8,9)(H2,10,11,12);;;;/q;4*+1/p-4. The smallest absolute Gasteiger partial charge is 0.809 e. The molecule has 1 rings (SSSR count). The number of ether oxygens (including phenoxy) is 1. The van der Waals surface area contributed by atoms with Crippen molar-refractivity contribution in [3.05, 3.63) is 0 Å². The van der Waals surface area contributed by atoms with Gasteiger partial charge >= 0.3 is 118 Å². The van der Waals surface area contributed by atoms with Crippen molar-refractivity contribution in [1.82, 2.24) is 4.90 Å². The van der Waals surface area contributed by atoms with Crippen molar-refractivity contribution in [2.24, 2.45) is 0 Å². The van der Waals surface area contributed by atoms with Gasteiger partial charge in [-0.1, -0.05) is 0 Å². The molecule has 0 unspecified atom stereocenters. The Kier molecular flexibility index (Phi) is 22.1. The molecule has 0 spiro atoms. The first-order valence-corrected chi connectivity index (χ1v) is 7.30. The summed E-state index contributed by atoms with van der Waals surface area (Å²) >= 11 is 0. The Labute approximate surface area is 200 Å². The van der Waals surface area contributed by atoms with Crippen LogP contribution in [0.1, 0.15) is 0 Å². The molecule has 0 atom stereocenters. The van der Waals surface area contributed by atoms with Crippen LogP contribution in [0, 0.1) is 0 Å². The molecule has 0 aliphatic carbocycles. The second-order valence-electron chi connectivity index (χ2n) is 3.07. The van der Waals surface area contributed by atoms with Gasteiger partial charge in [-0.3, -0.25) is 4.90 Å². The summed E-state index contributed by atoms with van der Waals surface area (Å²) in [4.78, 5) is 43.6. The van der Waals surface area contributed by atoms with E-state index in [1.807, 2.05) is 0 Å². The normalized spacial score (nSPS) is 16.5. The predicted octanol–water partition coefficient (Wildman–Crippen LogP) is -15.6. The van der Waals surface area contributed by atoms with Gasteiger partial charge in [-0.05, 0) is 15.2 Å². The molecule has 0 aromatic rings. The molecule has 0 saturated carbocycles. The molecule has 0 aromatic carbocycles. The van der Waals surface area contributed by atoms with Gasteiger partial charge in [-0.2, -0.15) is 0 Å². The average Bonchev–Trinajstić information content (AvgIpc) is 2.00. The van der Waals surface area contributed by atoms with E-state index in [1.165, 1.54) is 0 Å². The first-order chi connectivity index (χ1) is 6.73. The van der Waals surface area contributed by atoms with Crippen molar-refractivity contribution >= 4 is 15.2 Å². The largest absolute Gasteiger partial charge is 1.00 e. The monoisotopic (exact) mass is 349 g/mol. The van der Waals surface area contributed by atoms with Crippen molar-refractivity contribution in [3.8, 4) is 0 Å². The van der Waals surface area contributed by atoms with Crippen molar-refractivity contribution < 1.29 is 152 Å². The van der Waals surface area contributed by atoms with Gasteiger partial charge in [0.1, 0.15) is 0 Å². The Bertz CT molecular complexity index is 295. The zero-order valence-electron chi connectivity index (χ0n) is 11.6. The summed E-state index contributed by atoms with van der Waals surface area (Å²) in [5.41, 5.74) is -2.49. The maximum absolute atomic E-state index is 10.7. The molecule has 1 fully saturated rings. The average molecular weight is 349 g/mol. The van der Waals surface area contributed by atoms with Crippen LogP contribution in [-0.4, -0.2) is 36.7 Å². The molecule has 0 radical (unpaired) electrons. The third-order valence-electron chi connectivity index (χ3n) is 1.94. The van der Waals surface area contributed by atoms with Crippen LogP contribution in [0.15, 0.2) is 0 Å². The summed E-state index contributed by atoms with van der Waals surface area (Å²) < 4.78 is 26.2. The fourth-order valence-corrected chi connectivity index (χ4v) is 4.03. The number of hydrogen-bond acceptors (Lipinski definition) is 8. The molecule has 1 aliphatic heterocycles. The van der Waals surface area contributed by atoms with E-state index in [4.69, 9.17) is 4.74 Å². The van der Waals surface area contributed by atoms with Crippen LogP contribution in [0.2, 0.25) is 0 Å². The fourth-order valence-electron chi connectivity index (χ4n) is 1.38. The van der Waals surface area contributed by atoms with Crippen LogP contribution < -0.4 is 138 Å². The maximum Gasteiger partial charge on any atom is 1.00 e. The molecule has 1 heterocycles. The fraction of sp³-hybridized carbons (Fsp3) is 1.00. The summed E-state index contributed by atoms with van der Waals surface area (Å²) in [6.07, 6.45) is 0. The second kappa shape index (κ2) is 13.5. The van der Waals surface area contributed by atoms with Crippen LogP contribution >= 0.6 is 15.2 Å². The van der Waals surface area contributed by atoms with Gasteiger partial charge < -0.3 is 33.4 Å². The van der Waals surface area contributed by atoms with E-state index in [1.54, 1.807) is 0 Å². The Morgan fingerprint density at radius 2 is 1.16 bits per heavy atom. The minimum Gasteiger partial charge on any atom is -0.809 e. The Morgan fingerprint density at radius 3 is 1.42 bits per heavy atom. The first-order valence-electron chi connectivity index (χ1n) is 4.08. The molecule has 0 N–H and O–H groups in total. The second-order valence-corrected chi connectivity index (χ2v) is 6.62. The minimum absolute atomic E-state index is 0. The molecule has 19 heavy (non-hydrogen) atoms. The number of rotatable bonds is 3. The van der Waals surface area contributed by atoms with E-state index in [-0.39, 0.29) is 145 Å². The van der Waals surface area contributed by atoms with Gasteiger partial charge in [0, 0.05) is 13.1 Å². The van der Waals surface area contributed by atoms with Crippen molar-refractivity contribution in [3.63, 3.8) is 0 Å². The van der Waals surface area contributed by atoms with E-state index < -0.39 is 20.7 Å². The summed E-state index contributed by atoms with van der Waals surface area (Å²) in [6, 6.07) is 0. The number of nitrogens with zero attached hydrogens (tertiary/aromatic N) is 1. The molecule has 1 saturated heterocycles.